The molecule has 0 atom stereocenters. The van der Waals surface area contributed by atoms with Gasteiger partial charge in [-0.05, 0) is 7.05 Å². The summed E-state index contributed by atoms with van der Waals surface area (Å²) in [6.45, 7) is 0. The molecule has 0 saturated carbocycles. The summed E-state index contributed by atoms with van der Waals surface area (Å²) in [6.07, 6.45) is 0. The van der Waals surface area contributed by atoms with Crippen LogP contribution in [0.2, 0.25) is 0 Å². The number of hydrogen-bond acceptors (Lipinski definition) is 1. The van der Waals surface area contributed by atoms with Crippen molar-refractivity contribution >= 4 is 0 Å². The first-order chi connectivity index (χ1) is 2.00. The normalized spacial score (nSPS) is 3.00. The second-order valence-electron chi connectivity index (χ2n) is 0. The molecule has 0 unspecified atom stereocenters. The molecule has 0 aliphatic heterocycles. The molecule has 0 rings (SSSR count). The van der Waals surface area contributed by atoms with E-state index in [-0.39, 0.29) is 0 Å². The van der Waals surface area contributed by atoms with Crippen LogP contribution in [0.15, 0.2) is 0 Å². The Balaban J connectivity index is 0. The van der Waals surface area contributed by atoms with Gasteiger partial charge in [0.05, 0.1) is 7.18 Å². The number of nitrogens with two attached hydrogens (primary N) is 1. The van der Waals surface area contributed by atoms with Crippen LogP contribution in [-0.4, -0.2) is 14.2 Å². The van der Waals surface area contributed by atoms with Crippen molar-refractivity contribution in [1.82, 2.24) is 0 Å². The lowest BCUT2D eigenvalue weighted by atomic mass is 11.6. The molecule has 0 bridgehead atoms. The molecule has 0 fully saturated rings. The highest BCUT2D eigenvalue weighted by atomic mass is 19.1. The van der Waals surface area contributed by atoms with E-state index < -0.39 is 0 Å². The third-order valence-electron chi connectivity index (χ3n) is 0. The molecule has 0 saturated heterocycles. The second-order valence-corrected chi connectivity index (χ2v) is 0. The van der Waals surface area contributed by atoms with Crippen LogP contribution in [0.3, 0.4) is 0 Å². The topological polar surface area (TPSA) is 26.0 Å². The number of alkyl halides is 1. The van der Waals surface area contributed by atoms with E-state index in [9.17, 15) is 4.39 Å². The van der Waals surface area contributed by atoms with Crippen LogP contribution in [0.1, 0.15) is 0 Å². The highest BCUT2D eigenvalue weighted by molar-refractivity contribution is 3.54. The van der Waals surface area contributed by atoms with Crippen molar-refractivity contribution in [1.29, 1.82) is 0 Å². The molecule has 0 aliphatic carbocycles. The van der Waals surface area contributed by atoms with Crippen LogP contribution in [0.5, 0.6) is 0 Å². The van der Waals surface area contributed by atoms with E-state index >= 15 is 0 Å². The van der Waals surface area contributed by atoms with Gasteiger partial charge in [-0.25, -0.2) is 0 Å². The van der Waals surface area contributed by atoms with E-state index in [2.05, 4.69) is 5.73 Å². The smallest absolute Gasteiger partial charge is 0.0785 e. The zero-order valence-electron chi connectivity index (χ0n) is 2.96. The summed E-state index contributed by atoms with van der Waals surface area (Å²) in [7, 11) is 2.00. The molecule has 0 radical (unpaired) electrons. The first-order valence-corrected chi connectivity index (χ1v) is 0.955. The lowest BCUT2D eigenvalue weighted by Crippen LogP contribution is -1.69. The van der Waals surface area contributed by atoms with Crippen LogP contribution in [0, 0.1) is 0 Å². The van der Waals surface area contributed by atoms with Crippen molar-refractivity contribution in [2.24, 2.45) is 5.73 Å². The first-order valence-electron chi connectivity index (χ1n) is 0.955. The molecule has 0 aromatic rings. The minimum atomic E-state index is 0.500. The zero-order valence-corrected chi connectivity index (χ0v) is 2.96. The fourth-order valence-corrected chi connectivity index (χ4v) is 0. The van der Waals surface area contributed by atoms with E-state index in [1.807, 2.05) is 0 Å². The zero-order chi connectivity index (χ0) is 4.00. The Hall–Kier alpha value is -0.110. The summed E-state index contributed by atoms with van der Waals surface area (Å²) < 4.78 is 9.50. The summed E-state index contributed by atoms with van der Waals surface area (Å²) in [5, 5.41) is 0. The molecule has 0 aromatic carbocycles. The molecule has 0 amide bonds. The Morgan fingerprint density at radius 2 is 1.25 bits per heavy atom. The Kier molecular flexibility index (Phi) is 1940. The Bertz CT molecular complexity index is 6.00. The van der Waals surface area contributed by atoms with Gasteiger partial charge < -0.3 is 5.73 Å². The van der Waals surface area contributed by atoms with Gasteiger partial charge in [0, 0.05) is 0 Å². The third-order valence-corrected chi connectivity index (χ3v) is 0. The van der Waals surface area contributed by atoms with E-state index in [0.717, 1.165) is 0 Å². The molecule has 4 heavy (non-hydrogen) atoms. The van der Waals surface area contributed by atoms with Gasteiger partial charge in [-0.3, -0.25) is 4.39 Å². The fourth-order valence-electron chi connectivity index (χ4n) is 0. The van der Waals surface area contributed by atoms with Crippen molar-refractivity contribution < 1.29 is 4.39 Å². The van der Waals surface area contributed by atoms with E-state index in [1.54, 1.807) is 0 Å². The summed E-state index contributed by atoms with van der Waals surface area (Å²) in [4.78, 5) is 0. The quantitative estimate of drug-likeness (QED) is 0.427. The van der Waals surface area contributed by atoms with E-state index in [0.29, 0.717) is 7.18 Å². The molecule has 2 N–H and O–H groups in total. The molecular formula is C2H8FN. The van der Waals surface area contributed by atoms with Gasteiger partial charge in [0.25, 0.3) is 0 Å². The molecular weight excluding hydrogens is 57.0 g/mol. The molecule has 2 heteroatoms. The lowest BCUT2D eigenvalue weighted by molar-refractivity contribution is 0.636. The average Bonchev–Trinajstić information content (AvgIpc) is 1.50. The standard InChI is InChI=1S/CH3F.CH5N/c2*1-2/h1H3;2H2,1H3. The Morgan fingerprint density at radius 3 is 1.25 bits per heavy atom. The number of hydrogen-bond donors (Lipinski definition) is 1. The minimum absolute atomic E-state index is 0.500. The Morgan fingerprint density at radius 1 is 1.25 bits per heavy atom. The second kappa shape index (κ2) is 853. The van der Waals surface area contributed by atoms with Gasteiger partial charge in [0.1, 0.15) is 0 Å². The van der Waals surface area contributed by atoms with Gasteiger partial charge >= 0.3 is 0 Å². The van der Waals surface area contributed by atoms with Crippen molar-refractivity contribution in [2.45, 2.75) is 0 Å². The molecule has 1 nitrogen and oxygen atoms in total. The minimum Gasteiger partial charge on any atom is -0.333 e. The van der Waals surface area contributed by atoms with Crippen LogP contribution >= 0.6 is 0 Å². The van der Waals surface area contributed by atoms with Gasteiger partial charge in [-0.2, -0.15) is 0 Å². The maximum absolute atomic E-state index is 9.50. The summed E-state index contributed by atoms with van der Waals surface area (Å²) >= 11 is 0. The molecule has 0 aromatic heterocycles. The maximum Gasteiger partial charge on any atom is 0.0785 e. The van der Waals surface area contributed by atoms with Crippen LogP contribution < -0.4 is 5.73 Å². The third kappa shape index (κ3) is 124. The lowest BCUT2D eigenvalue weighted by Gasteiger charge is -1.19. The highest BCUT2D eigenvalue weighted by Gasteiger charge is 0.926. The largest absolute Gasteiger partial charge is 0.333 e. The van der Waals surface area contributed by atoms with Crippen molar-refractivity contribution in [3.63, 3.8) is 0 Å². The first kappa shape index (κ1) is 9.10. The van der Waals surface area contributed by atoms with Crippen molar-refractivity contribution in [3.05, 3.63) is 0 Å². The van der Waals surface area contributed by atoms with Crippen molar-refractivity contribution in [3.8, 4) is 0 Å². The van der Waals surface area contributed by atoms with Crippen LogP contribution in [0.25, 0.3) is 0 Å². The van der Waals surface area contributed by atoms with Crippen molar-refractivity contribution in [2.75, 3.05) is 14.2 Å². The molecule has 0 spiro atoms. The van der Waals surface area contributed by atoms with Crippen LogP contribution in [0.4, 0.5) is 4.39 Å². The van der Waals surface area contributed by atoms with Gasteiger partial charge in [0.15, 0.2) is 0 Å². The predicted molar refractivity (Wildman–Crippen MR) is 17.1 cm³/mol. The Labute approximate surface area is 25.6 Å². The monoisotopic (exact) mass is 65.1 g/mol. The van der Waals surface area contributed by atoms with E-state index in [1.165, 1.54) is 7.05 Å². The molecule has 0 aliphatic rings. The fraction of sp³-hybridized carbons (Fsp3) is 1.00. The van der Waals surface area contributed by atoms with E-state index in [4.69, 9.17) is 0 Å². The van der Waals surface area contributed by atoms with Gasteiger partial charge in [-0.1, -0.05) is 0 Å². The summed E-state index contributed by atoms with van der Waals surface area (Å²) in [5.41, 5.74) is 4.50. The van der Waals surface area contributed by atoms with Crippen LogP contribution in [-0.2, 0) is 0 Å². The maximum atomic E-state index is 9.50. The van der Waals surface area contributed by atoms with Gasteiger partial charge in [0.2, 0.25) is 0 Å². The summed E-state index contributed by atoms with van der Waals surface area (Å²) in [6, 6.07) is 0. The summed E-state index contributed by atoms with van der Waals surface area (Å²) in [5.74, 6) is 0. The average molecular weight is 65.1 g/mol. The van der Waals surface area contributed by atoms with Gasteiger partial charge in [-0.15, -0.1) is 0 Å². The molecule has 0 heterocycles. The number of rotatable bonds is 0. The molecule has 28 valence electrons. The predicted octanol–water partition coefficient (Wildman–Crippen LogP) is 0.161. The highest BCUT2D eigenvalue weighted by Crippen LogP contribution is 1.16. The SMILES string of the molecule is CF.CN. The number of halogens is 1.